The number of carbonyl (C=O) groups excluding carboxylic acids is 1. The lowest BCUT2D eigenvalue weighted by Crippen LogP contribution is -2.44. The van der Waals surface area contributed by atoms with E-state index in [1.807, 2.05) is 60.7 Å². The Labute approximate surface area is 217 Å². The summed E-state index contributed by atoms with van der Waals surface area (Å²) in [6.07, 6.45) is -4.40. The van der Waals surface area contributed by atoms with Crippen molar-refractivity contribution < 1.29 is 29.8 Å². The summed E-state index contributed by atoms with van der Waals surface area (Å²) >= 11 is 2.90. The molecule has 10 heteroatoms. The fourth-order valence-electron chi connectivity index (χ4n) is 3.20. The molecule has 0 aliphatic rings. The molecule has 3 atom stereocenters. The minimum atomic E-state index is -1.56. The van der Waals surface area contributed by atoms with Gasteiger partial charge in [-0.25, -0.2) is 4.79 Å². The lowest BCUT2D eigenvalue weighted by Gasteiger charge is -2.29. The number of rotatable bonds is 13. The van der Waals surface area contributed by atoms with Crippen molar-refractivity contribution in [1.29, 1.82) is 0 Å². The van der Waals surface area contributed by atoms with Crippen molar-refractivity contribution in [1.82, 2.24) is 0 Å². The summed E-state index contributed by atoms with van der Waals surface area (Å²) in [5.41, 5.74) is 2.02. The van der Waals surface area contributed by atoms with Crippen LogP contribution in [-0.4, -0.2) is 55.7 Å². The predicted molar refractivity (Wildman–Crippen MR) is 141 cm³/mol. The number of thioether (sulfide) groups is 2. The smallest absolute Gasteiger partial charge is 0.338 e. The van der Waals surface area contributed by atoms with Crippen LogP contribution < -0.4 is 0 Å². The van der Waals surface area contributed by atoms with Gasteiger partial charge in [0.05, 0.1) is 15.1 Å². The Morgan fingerprint density at radius 2 is 1.31 bits per heavy atom. The molecule has 0 aliphatic heterocycles. The number of carbonyl (C=O) groups is 1. The Morgan fingerprint density at radius 3 is 1.78 bits per heavy atom. The van der Waals surface area contributed by atoms with E-state index in [-0.39, 0.29) is 11.3 Å². The van der Waals surface area contributed by atoms with Crippen molar-refractivity contribution in [2.45, 2.75) is 34.4 Å². The normalized spacial score (nSPS) is 13.7. The molecule has 0 aliphatic carbocycles. The van der Waals surface area contributed by atoms with Gasteiger partial charge in [-0.1, -0.05) is 60.7 Å². The Morgan fingerprint density at radius 1 is 0.806 bits per heavy atom. The van der Waals surface area contributed by atoms with Gasteiger partial charge in [0.2, 0.25) is 0 Å². The average Bonchev–Trinajstić information content (AvgIpc) is 2.92. The first-order valence-corrected chi connectivity index (χ1v) is 13.2. The van der Waals surface area contributed by atoms with Crippen molar-refractivity contribution >= 4 is 35.2 Å². The highest BCUT2D eigenvalue weighted by molar-refractivity contribution is 8.16. The fraction of sp³-hybridized carbons (Fsp3) is 0.269. The molecule has 3 rings (SSSR count). The van der Waals surface area contributed by atoms with E-state index in [9.17, 15) is 30.2 Å². The largest absolute Gasteiger partial charge is 0.459 e. The summed E-state index contributed by atoms with van der Waals surface area (Å²) in [6.45, 7) is -0.548. The van der Waals surface area contributed by atoms with E-state index in [1.54, 1.807) is 0 Å². The third kappa shape index (κ3) is 8.35. The van der Waals surface area contributed by atoms with E-state index in [0.717, 1.165) is 11.1 Å². The van der Waals surface area contributed by atoms with Crippen LogP contribution in [0, 0.1) is 10.1 Å². The number of hydrogen-bond acceptors (Lipinski definition) is 9. The van der Waals surface area contributed by atoms with Crippen LogP contribution in [-0.2, 0) is 16.2 Å². The second-order valence-corrected chi connectivity index (χ2v) is 10.5. The second-order valence-electron chi connectivity index (χ2n) is 7.91. The minimum Gasteiger partial charge on any atom is -0.459 e. The highest BCUT2D eigenvalue weighted by Gasteiger charge is 2.33. The third-order valence-corrected chi connectivity index (χ3v) is 8.27. The van der Waals surface area contributed by atoms with Crippen LogP contribution in [0.15, 0.2) is 84.9 Å². The lowest BCUT2D eigenvalue weighted by molar-refractivity contribution is -0.384. The standard InChI is InChI=1S/C26H27NO7S2/c28-22(15-34-25(31)20-11-13-21(14-12-20)27(32)33)23(29)24(30)26(35-16-18-7-3-1-4-8-18)36-17-19-9-5-2-6-10-19/h1-14,22-24,26,28-30H,15-17H2/t22-,23-,24-/m1/s1. The van der Waals surface area contributed by atoms with Crippen molar-refractivity contribution in [2.24, 2.45) is 0 Å². The first kappa shape index (κ1) is 27.7. The zero-order valence-electron chi connectivity index (χ0n) is 19.3. The molecule has 0 spiro atoms. The number of aliphatic hydroxyl groups excluding tert-OH is 3. The minimum absolute atomic E-state index is 0.0672. The maximum absolute atomic E-state index is 12.2. The van der Waals surface area contributed by atoms with Gasteiger partial charge in [0.1, 0.15) is 24.9 Å². The third-order valence-electron chi connectivity index (χ3n) is 5.24. The van der Waals surface area contributed by atoms with Gasteiger partial charge in [0.15, 0.2) is 0 Å². The van der Waals surface area contributed by atoms with Gasteiger partial charge in [-0.15, -0.1) is 23.5 Å². The predicted octanol–water partition coefficient (Wildman–Crippen LogP) is 4.03. The number of non-ortho nitro benzene ring substituents is 1. The first-order chi connectivity index (χ1) is 17.3. The highest BCUT2D eigenvalue weighted by Crippen LogP contribution is 2.34. The van der Waals surface area contributed by atoms with Crippen molar-refractivity contribution in [3.05, 3.63) is 112 Å². The SMILES string of the molecule is O=C(OC[C@@H](O)[C@@H](O)[C@@H](O)C(SCc1ccccc1)SCc1ccccc1)c1ccc([N+](=O)[O-])cc1. The molecule has 8 nitrogen and oxygen atoms in total. The maximum Gasteiger partial charge on any atom is 0.338 e. The van der Waals surface area contributed by atoms with Crippen molar-refractivity contribution in [3.8, 4) is 0 Å². The molecule has 3 N–H and O–H groups in total. The number of hydrogen-bond donors (Lipinski definition) is 3. The maximum atomic E-state index is 12.2. The van der Waals surface area contributed by atoms with E-state index in [2.05, 4.69) is 0 Å². The summed E-state index contributed by atoms with van der Waals surface area (Å²) in [6, 6.07) is 24.3. The van der Waals surface area contributed by atoms with Crippen LogP contribution in [0.5, 0.6) is 0 Å². The van der Waals surface area contributed by atoms with Gasteiger partial charge < -0.3 is 20.1 Å². The number of nitrogens with zero attached hydrogens (tertiary/aromatic N) is 1. The van der Waals surface area contributed by atoms with E-state index in [0.29, 0.717) is 11.5 Å². The second kappa shape index (κ2) is 14.0. The summed E-state index contributed by atoms with van der Waals surface area (Å²) in [5, 5.41) is 42.7. The summed E-state index contributed by atoms with van der Waals surface area (Å²) in [7, 11) is 0. The zero-order valence-corrected chi connectivity index (χ0v) is 20.9. The van der Waals surface area contributed by atoms with E-state index in [4.69, 9.17) is 4.74 Å². The van der Waals surface area contributed by atoms with Gasteiger partial charge in [0, 0.05) is 23.6 Å². The quantitative estimate of drug-likeness (QED) is 0.130. The van der Waals surface area contributed by atoms with E-state index >= 15 is 0 Å². The molecule has 0 saturated heterocycles. The fourth-order valence-corrected chi connectivity index (χ4v) is 5.81. The van der Waals surface area contributed by atoms with Gasteiger partial charge >= 0.3 is 5.97 Å². The summed E-state index contributed by atoms with van der Waals surface area (Å²) in [4.78, 5) is 22.4. The number of nitro benzene ring substituents is 1. The topological polar surface area (TPSA) is 130 Å². The molecule has 190 valence electrons. The van der Waals surface area contributed by atoms with Crippen LogP contribution in [0.25, 0.3) is 0 Å². The van der Waals surface area contributed by atoms with Crippen molar-refractivity contribution in [3.63, 3.8) is 0 Å². The van der Waals surface area contributed by atoms with Gasteiger partial charge in [0.25, 0.3) is 5.69 Å². The molecular formula is C26H27NO7S2. The number of nitro groups is 1. The Hall–Kier alpha value is -2.89. The molecule has 3 aromatic carbocycles. The van der Waals surface area contributed by atoms with Crippen LogP contribution in [0.2, 0.25) is 0 Å². The molecular weight excluding hydrogens is 502 g/mol. The first-order valence-electron chi connectivity index (χ1n) is 11.1. The molecule has 36 heavy (non-hydrogen) atoms. The molecule has 0 aromatic heterocycles. The summed E-state index contributed by atoms with van der Waals surface area (Å²) < 4.78 is 4.58. The highest BCUT2D eigenvalue weighted by atomic mass is 32.2. The number of ether oxygens (including phenoxy) is 1. The number of benzene rings is 3. The Balaban J connectivity index is 1.59. The van der Waals surface area contributed by atoms with Gasteiger partial charge in [-0.2, -0.15) is 0 Å². The monoisotopic (exact) mass is 529 g/mol. The van der Waals surface area contributed by atoms with Crippen LogP contribution in [0.4, 0.5) is 5.69 Å². The molecule has 0 heterocycles. The van der Waals surface area contributed by atoms with E-state index in [1.165, 1.54) is 47.8 Å². The van der Waals surface area contributed by atoms with Crippen LogP contribution in [0.3, 0.4) is 0 Å². The molecule has 3 aromatic rings. The van der Waals surface area contributed by atoms with Gasteiger partial charge in [-0.05, 0) is 23.3 Å². The Bertz CT molecular complexity index is 1060. The van der Waals surface area contributed by atoms with Gasteiger partial charge in [-0.3, -0.25) is 10.1 Å². The molecule has 0 amide bonds. The Kier molecular flexibility index (Phi) is 10.8. The number of aliphatic hydroxyl groups is 3. The zero-order chi connectivity index (χ0) is 25.9. The van der Waals surface area contributed by atoms with E-state index < -0.39 is 40.4 Å². The molecule has 0 bridgehead atoms. The van der Waals surface area contributed by atoms with Crippen LogP contribution >= 0.6 is 23.5 Å². The molecule has 0 unspecified atom stereocenters. The average molecular weight is 530 g/mol. The molecule has 0 fully saturated rings. The summed E-state index contributed by atoms with van der Waals surface area (Å²) in [5.74, 6) is 0.393. The lowest BCUT2D eigenvalue weighted by atomic mass is 10.1. The van der Waals surface area contributed by atoms with Crippen LogP contribution in [0.1, 0.15) is 21.5 Å². The molecule has 0 radical (unpaired) electrons. The van der Waals surface area contributed by atoms with Crippen molar-refractivity contribution in [2.75, 3.05) is 6.61 Å². The molecule has 0 saturated carbocycles. The number of esters is 1.